The standard InChI is InChI=1S/2C16H14N4.C8H6O4/c2*1-3-10-17-15(8-1)19-13-6-5-7-14(12-13)20-16-9-2-4-11-18-16;9-7(10)5-1-2-6(4-3-5)8(11)12/h2*1-12H,(H,17,19)(H,18,20);1-4H,(H,9,10)(H,11,12). The normalized spacial score (nSPS) is 9.85. The van der Waals surface area contributed by atoms with Crippen molar-refractivity contribution in [3.8, 4) is 0 Å². The topological polar surface area (TPSA) is 182 Å². The van der Waals surface area contributed by atoms with Gasteiger partial charge in [-0.1, -0.05) is 60.7 Å². The van der Waals surface area contributed by atoms with Crippen LogP contribution in [0.3, 0.4) is 0 Å². The molecule has 0 fully saturated rings. The van der Waals surface area contributed by atoms with E-state index >= 15 is 0 Å². The number of aromatic carboxylic acids is 2. The summed E-state index contributed by atoms with van der Waals surface area (Å²) in [4.78, 5) is 35.2. The van der Waals surface area contributed by atoms with Gasteiger partial charge in [0.2, 0.25) is 0 Å². The third kappa shape index (κ3) is 11.8. The Morgan fingerprint density at radius 1 is 0.442 bits per heavy atom. The van der Waals surface area contributed by atoms with Gasteiger partial charge in [0.25, 0.3) is 11.6 Å². The summed E-state index contributed by atoms with van der Waals surface area (Å²) in [5, 5.41) is 33.6. The van der Waals surface area contributed by atoms with Gasteiger partial charge in [-0.3, -0.25) is 0 Å². The molecule has 0 radical (unpaired) electrons. The third-order valence-electron chi connectivity index (χ3n) is 6.93. The number of carboxylic acids is 2. The summed E-state index contributed by atoms with van der Waals surface area (Å²) in [6, 6.07) is 44.1. The van der Waals surface area contributed by atoms with E-state index in [2.05, 4.69) is 41.2 Å². The van der Waals surface area contributed by atoms with Crippen molar-refractivity contribution in [1.29, 1.82) is 0 Å². The Morgan fingerprint density at radius 2 is 0.827 bits per heavy atom. The molecule has 258 valence electrons. The van der Waals surface area contributed by atoms with Crippen molar-refractivity contribution < 1.29 is 29.8 Å². The maximum absolute atomic E-state index is 10.2. The van der Waals surface area contributed by atoms with Crippen LogP contribution in [0.2, 0.25) is 0 Å². The van der Waals surface area contributed by atoms with Crippen LogP contribution >= 0.6 is 0 Å². The van der Waals surface area contributed by atoms with Crippen LogP contribution in [-0.4, -0.2) is 21.9 Å². The Morgan fingerprint density at radius 3 is 1.15 bits per heavy atom. The number of anilines is 8. The molecule has 0 saturated carbocycles. The van der Waals surface area contributed by atoms with Crippen molar-refractivity contribution in [2.24, 2.45) is 0 Å². The molecule has 0 aliphatic rings. The number of hydrogen-bond donors (Lipinski definition) is 4. The number of benzene rings is 3. The highest BCUT2D eigenvalue weighted by Crippen LogP contribution is 2.21. The summed E-state index contributed by atoms with van der Waals surface area (Å²) >= 11 is 0. The van der Waals surface area contributed by atoms with Crippen LogP contribution in [0, 0.1) is 0 Å². The van der Waals surface area contributed by atoms with Gasteiger partial charge in [0.05, 0.1) is 24.3 Å². The minimum atomic E-state index is -1.33. The highest BCUT2D eigenvalue weighted by Gasteiger charge is 2.05. The van der Waals surface area contributed by atoms with Crippen LogP contribution in [0.15, 0.2) is 170 Å². The lowest BCUT2D eigenvalue weighted by Gasteiger charge is -2.06. The number of rotatable bonds is 10. The number of carboxylic acid groups (broad SMARTS) is 2. The van der Waals surface area contributed by atoms with E-state index in [0.717, 1.165) is 70.3 Å². The molecule has 3 aromatic carbocycles. The second-order valence-corrected chi connectivity index (χ2v) is 10.8. The van der Waals surface area contributed by atoms with Gasteiger partial charge < -0.3 is 30.4 Å². The van der Waals surface area contributed by atoms with Gasteiger partial charge in [-0.05, 0) is 71.8 Å². The van der Waals surface area contributed by atoms with Crippen LogP contribution in [0.5, 0.6) is 0 Å². The lowest BCUT2D eigenvalue weighted by atomic mass is 10.1. The van der Waals surface area contributed by atoms with E-state index in [1.54, 1.807) is 12.4 Å². The molecule has 7 rings (SSSR count). The summed E-state index contributed by atoms with van der Waals surface area (Å²) < 4.78 is 0. The van der Waals surface area contributed by atoms with Gasteiger partial charge >= 0.3 is 0 Å². The van der Waals surface area contributed by atoms with Crippen molar-refractivity contribution in [2.45, 2.75) is 0 Å². The van der Waals surface area contributed by atoms with E-state index in [1.807, 2.05) is 134 Å². The lowest BCUT2D eigenvalue weighted by molar-refractivity contribution is -0.361. The number of nitrogens with zero attached hydrogens (tertiary/aromatic N) is 2. The van der Waals surface area contributed by atoms with Crippen molar-refractivity contribution >= 4 is 58.0 Å². The Balaban J connectivity index is 0.000000156. The highest BCUT2D eigenvalue weighted by molar-refractivity contribution is 5.89. The van der Waals surface area contributed by atoms with Crippen LogP contribution < -0.4 is 41.4 Å². The molecular weight excluding hydrogens is 656 g/mol. The second-order valence-electron chi connectivity index (χ2n) is 10.8. The maximum atomic E-state index is 10.2. The number of carbonyl (C=O) groups is 2. The monoisotopic (exact) mass is 690 g/mol. The van der Waals surface area contributed by atoms with E-state index in [4.69, 9.17) is 0 Å². The fourth-order valence-electron chi connectivity index (χ4n) is 4.51. The summed E-state index contributed by atoms with van der Waals surface area (Å²) in [5.74, 6) is 0.886. The molecule has 0 saturated heterocycles. The molecule has 7 aromatic rings. The Bertz CT molecular complexity index is 1870. The Labute approximate surface area is 300 Å². The fourth-order valence-corrected chi connectivity index (χ4v) is 4.51. The Hall–Kier alpha value is -7.60. The lowest BCUT2D eigenvalue weighted by Crippen LogP contribution is -2.24. The van der Waals surface area contributed by atoms with Crippen LogP contribution in [0.25, 0.3) is 0 Å². The summed E-state index contributed by atoms with van der Waals surface area (Å²) in [6.07, 6.45) is 7.31. The molecule has 0 aliphatic carbocycles. The van der Waals surface area contributed by atoms with E-state index in [-0.39, 0.29) is 11.1 Å². The number of aromatic nitrogens is 4. The summed E-state index contributed by atoms with van der Waals surface area (Å²) in [7, 11) is 0. The van der Waals surface area contributed by atoms with E-state index in [0.29, 0.717) is 0 Å². The number of pyridine rings is 4. The van der Waals surface area contributed by atoms with Crippen LogP contribution in [-0.2, 0) is 0 Å². The molecule has 6 N–H and O–H groups in total. The summed E-state index contributed by atoms with van der Waals surface area (Å²) in [6.45, 7) is 0. The van der Waals surface area contributed by atoms with Crippen molar-refractivity contribution in [3.63, 3.8) is 0 Å². The zero-order valence-electron chi connectivity index (χ0n) is 27.7. The average molecular weight is 691 g/mol. The molecule has 4 heterocycles. The molecule has 0 amide bonds. The van der Waals surface area contributed by atoms with Crippen LogP contribution in [0.1, 0.15) is 20.7 Å². The van der Waals surface area contributed by atoms with Gasteiger partial charge in [-0.25, -0.2) is 30.6 Å². The minimum absolute atomic E-state index is 0.0556. The third-order valence-corrected chi connectivity index (χ3v) is 6.93. The summed E-state index contributed by atoms with van der Waals surface area (Å²) in [5.41, 5.74) is 3.89. The Kier molecular flexibility index (Phi) is 12.9. The number of hydrogen-bond acceptors (Lipinski definition) is 10. The van der Waals surface area contributed by atoms with Crippen molar-refractivity contribution in [2.75, 3.05) is 21.3 Å². The first kappa shape index (κ1) is 35.7. The van der Waals surface area contributed by atoms with Crippen LogP contribution in [0.4, 0.5) is 46.0 Å². The first-order chi connectivity index (χ1) is 25.4. The van der Waals surface area contributed by atoms with Gasteiger partial charge in [0, 0.05) is 48.0 Å². The second kappa shape index (κ2) is 18.8. The van der Waals surface area contributed by atoms with Gasteiger partial charge in [-0.15, -0.1) is 0 Å². The quantitative estimate of drug-likeness (QED) is 0.149. The molecular formula is C40H34N8O4. The molecule has 0 unspecified atom stereocenters. The van der Waals surface area contributed by atoms with E-state index < -0.39 is 11.9 Å². The number of aromatic amines is 2. The zero-order chi connectivity index (χ0) is 36.4. The number of carbonyl (C=O) groups excluding carboxylic acids is 2. The predicted molar refractivity (Wildman–Crippen MR) is 196 cm³/mol. The van der Waals surface area contributed by atoms with Crippen molar-refractivity contribution in [1.82, 2.24) is 9.97 Å². The molecule has 12 heteroatoms. The molecule has 0 bridgehead atoms. The van der Waals surface area contributed by atoms with Crippen molar-refractivity contribution in [3.05, 3.63) is 182 Å². The number of H-pyrrole nitrogens is 2. The fraction of sp³-hybridized carbons (Fsp3) is 0. The largest absolute Gasteiger partial charge is 0.545 e. The average Bonchev–Trinajstić information content (AvgIpc) is 3.17. The van der Waals surface area contributed by atoms with E-state index in [9.17, 15) is 19.8 Å². The molecule has 0 spiro atoms. The van der Waals surface area contributed by atoms with Gasteiger partial charge in [0.15, 0.2) is 0 Å². The highest BCUT2D eigenvalue weighted by atomic mass is 16.4. The SMILES string of the molecule is O=C([O-])c1ccc(C(=O)[O-])cc1.c1ccc(Nc2cccc(Nc3cccc[nH+]3)c2)nc1.c1ccc(Nc2cccc(Nc3cccc[nH+]3)c2)nc1. The maximum Gasteiger partial charge on any atom is 0.277 e. The molecule has 12 nitrogen and oxygen atoms in total. The first-order valence-electron chi connectivity index (χ1n) is 16.0. The molecule has 0 aliphatic heterocycles. The van der Waals surface area contributed by atoms with Gasteiger partial charge in [0.1, 0.15) is 23.0 Å². The van der Waals surface area contributed by atoms with E-state index in [1.165, 1.54) is 0 Å². The zero-order valence-corrected chi connectivity index (χ0v) is 27.7. The number of nitrogens with one attached hydrogen (secondary N) is 6. The minimum Gasteiger partial charge on any atom is -0.545 e. The first-order valence-corrected chi connectivity index (χ1v) is 16.0. The predicted octanol–water partition coefficient (Wildman–Crippen LogP) is 5.18. The smallest absolute Gasteiger partial charge is 0.277 e. The molecule has 0 atom stereocenters. The van der Waals surface area contributed by atoms with Gasteiger partial charge in [-0.2, -0.15) is 0 Å². The molecule has 4 aromatic heterocycles. The molecule has 52 heavy (non-hydrogen) atoms.